The highest BCUT2D eigenvalue weighted by molar-refractivity contribution is 7.89. The Morgan fingerprint density at radius 2 is 1.94 bits per heavy atom. The van der Waals surface area contributed by atoms with Crippen molar-refractivity contribution in [3.63, 3.8) is 0 Å². The maximum atomic E-state index is 12.0. The topological polar surface area (TPSA) is 73.6 Å². The minimum Gasteiger partial charge on any atom is -0.381 e. The molecule has 1 saturated heterocycles. The van der Waals surface area contributed by atoms with Crippen molar-refractivity contribution in [1.29, 1.82) is 5.26 Å². The van der Waals surface area contributed by atoms with Crippen molar-refractivity contribution in [1.82, 2.24) is 9.21 Å². The minimum absolute atomic E-state index is 0.0364. The SMILES string of the molecule is CCOCCS(=O)(=O)N1CCN(C(C)C#N)CC1. The van der Waals surface area contributed by atoms with Gasteiger partial charge in [-0.25, -0.2) is 8.42 Å². The molecule has 0 spiro atoms. The van der Waals surface area contributed by atoms with E-state index in [1.807, 2.05) is 18.7 Å². The molecule has 104 valence electrons. The Balaban J connectivity index is 2.44. The Bertz CT molecular complexity index is 383. The van der Waals surface area contributed by atoms with E-state index in [0.29, 0.717) is 32.8 Å². The fourth-order valence-corrected chi connectivity index (χ4v) is 3.19. The molecule has 7 heteroatoms. The fourth-order valence-electron chi connectivity index (χ4n) is 1.89. The van der Waals surface area contributed by atoms with Crippen molar-refractivity contribution in [3.8, 4) is 6.07 Å². The first-order valence-corrected chi connectivity index (χ1v) is 7.81. The maximum Gasteiger partial charge on any atom is 0.216 e. The summed E-state index contributed by atoms with van der Waals surface area (Å²) in [5.41, 5.74) is 0. The lowest BCUT2D eigenvalue weighted by Crippen LogP contribution is -2.51. The third-order valence-corrected chi connectivity index (χ3v) is 4.93. The number of hydrogen-bond acceptors (Lipinski definition) is 5. The number of sulfonamides is 1. The first-order valence-electron chi connectivity index (χ1n) is 6.20. The maximum absolute atomic E-state index is 12.0. The molecule has 0 bridgehead atoms. The molecule has 0 aromatic heterocycles. The Morgan fingerprint density at radius 1 is 1.33 bits per heavy atom. The lowest BCUT2D eigenvalue weighted by atomic mass is 10.2. The number of piperazine rings is 1. The number of nitrogens with zero attached hydrogens (tertiary/aromatic N) is 3. The standard InChI is InChI=1S/C11H21N3O3S/c1-3-17-8-9-18(15,16)14-6-4-13(5-7-14)11(2)10-12/h11H,3-9H2,1-2H3. The first-order chi connectivity index (χ1) is 8.51. The normalized spacial score (nSPS) is 20.5. The van der Waals surface area contributed by atoms with Gasteiger partial charge >= 0.3 is 0 Å². The van der Waals surface area contributed by atoms with Crippen LogP contribution in [0.3, 0.4) is 0 Å². The summed E-state index contributed by atoms with van der Waals surface area (Å²) in [5.74, 6) is 0.0364. The summed E-state index contributed by atoms with van der Waals surface area (Å²) in [5, 5.41) is 8.82. The highest BCUT2D eigenvalue weighted by Crippen LogP contribution is 2.10. The van der Waals surface area contributed by atoms with Crippen molar-refractivity contribution in [2.24, 2.45) is 0 Å². The van der Waals surface area contributed by atoms with Crippen LogP contribution in [-0.4, -0.2) is 68.8 Å². The van der Waals surface area contributed by atoms with Gasteiger partial charge in [0.15, 0.2) is 0 Å². The van der Waals surface area contributed by atoms with Crippen LogP contribution in [0.15, 0.2) is 0 Å². The predicted molar refractivity (Wildman–Crippen MR) is 68.5 cm³/mol. The van der Waals surface area contributed by atoms with Crippen LogP contribution in [0.1, 0.15) is 13.8 Å². The molecule has 1 unspecified atom stereocenters. The lowest BCUT2D eigenvalue weighted by Gasteiger charge is -2.35. The molecule has 1 atom stereocenters. The Morgan fingerprint density at radius 3 is 2.44 bits per heavy atom. The van der Waals surface area contributed by atoms with Crippen molar-refractivity contribution in [2.45, 2.75) is 19.9 Å². The number of ether oxygens (including phenoxy) is 1. The molecule has 1 aliphatic rings. The molecule has 6 nitrogen and oxygen atoms in total. The zero-order chi connectivity index (χ0) is 13.6. The van der Waals surface area contributed by atoms with Crippen LogP contribution in [0.2, 0.25) is 0 Å². The molecule has 0 amide bonds. The van der Waals surface area contributed by atoms with Gasteiger partial charge in [0.2, 0.25) is 10.0 Å². The highest BCUT2D eigenvalue weighted by atomic mass is 32.2. The van der Waals surface area contributed by atoms with Gasteiger partial charge in [0.05, 0.1) is 24.5 Å². The molecule has 0 aliphatic carbocycles. The van der Waals surface area contributed by atoms with E-state index in [1.165, 1.54) is 4.31 Å². The fraction of sp³-hybridized carbons (Fsp3) is 0.909. The third-order valence-electron chi connectivity index (χ3n) is 3.09. The highest BCUT2D eigenvalue weighted by Gasteiger charge is 2.28. The Kier molecular flexibility index (Phi) is 6.02. The van der Waals surface area contributed by atoms with Gasteiger partial charge in [0.25, 0.3) is 0 Å². The van der Waals surface area contributed by atoms with Gasteiger partial charge in [-0.2, -0.15) is 9.57 Å². The quantitative estimate of drug-likeness (QED) is 0.632. The zero-order valence-electron chi connectivity index (χ0n) is 11.0. The number of nitriles is 1. The van der Waals surface area contributed by atoms with E-state index >= 15 is 0 Å². The van der Waals surface area contributed by atoms with Crippen LogP contribution in [0, 0.1) is 11.3 Å². The van der Waals surface area contributed by atoms with E-state index in [4.69, 9.17) is 10.00 Å². The van der Waals surface area contributed by atoms with Gasteiger partial charge in [-0.1, -0.05) is 0 Å². The smallest absolute Gasteiger partial charge is 0.216 e. The van der Waals surface area contributed by atoms with Gasteiger partial charge in [-0.15, -0.1) is 0 Å². The Hall–Kier alpha value is -0.680. The van der Waals surface area contributed by atoms with Crippen LogP contribution in [0.5, 0.6) is 0 Å². The van der Waals surface area contributed by atoms with Crippen molar-refractivity contribution >= 4 is 10.0 Å². The summed E-state index contributed by atoms with van der Waals surface area (Å²) in [7, 11) is -3.21. The van der Waals surface area contributed by atoms with Crippen LogP contribution < -0.4 is 0 Å². The van der Waals surface area contributed by atoms with Gasteiger partial charge in [-0.05, 0) is 13.8 Å². The summed E-state index contributed by atoms with van der Waals surface area (Å²) < 4.78 is 30.5. The third kappa shape index (κ3) is 4.21. The molecule has 0 N–H and O–H groups in total. The molecular weight excluding hydrogens is 254 g/mol. The second kappa shape index (κ2) is 7.04. The largest absolute Gasteiger partial charge is 0.381 e. The molecular formula is C11H21N3O3S. The van der Waals surface area contributed by atoms with Crippen LogP contribution in [0.4, 0.5) is 0 Å². The van der Waals surface area contributed by atoms with Crippen LogP contribution in [-0.2, 0) is 14.8 Å². The van der Waals surface area contributed by atoms with E-state index in [9.17, 15) is 8.42 Å². The number of rotatable bonds is 6. The van der Waals surface area contributed by atoms with Crippen molar-refractivity contribution in [3.05, 3.63) is 0 Å². The van der Waals surface area contributed by atoms with E-state index in [0.717, 1.165) is 0 Å². The lowest BCUT2D eigenvalue weighted by molar-refractivity contribution is 0.156. The van der Waals surface area contributed by atoms with E-state index in [2.05, 4.69) is 6.07 Å². The van der Waals surface area contributed by atoms with Crippen LogP contribution >= 0.6 is 0 Å². The zero-order valence-corrected chi connectivity index (χ0v) is 11.8. The Labute approximate surface area is 109 Å². The van der Waals surface area contributed by atoms with Crippen LogP contribution in [0.25, 0.3) is 0 Å². The minimum atomic E-state index is -3.21. The van der Waals surface area contributed by atoms with Gasteiger partial charge in [0, 0.05) is 32.8 Å². The average molecular weight is 275 g/mol. The molecule has 1 rings (SSSR count). The first kappa shape index (κ1) is 15.4. The van der Waals surface area contributed by atoms with E-state index in [1.54, 1.807) is 0 Å². The number of hydrogen-bond donors (Lipinski definition) is 0. The molecule has 0 aromatic carbocycles. The van der Waals surface area contributed by atoms with E-state index < -0.39 is 10.0 Å². The predicted octanol–water partition coefficient (Wildman–Crippen LogP) is -0.118. The monoisotopic (exact) mass is 275 g/mol. The van der Waals surface area contributed by atoms with Crippen molar-refractivity contribution < 1.29 is 13.2 Å². The molecule has 0 radical (unpaired) electrons. The van der Waals surface area contributed by atoms with Crippen molar-refractivity contribution in [2.75, 3.05) is 45.1 Å². The molecule has 0 saturated carbocycles. The second-order valence-electron chi connectivity index (χ2n) is 4.25. The summed E-state index contributed by atoms with van der Waals surface area (Å²) in [4.78, 5) is 1.99. The van der Waals surface area contributed by atoms with E-state index in [-0.39, 0.29) is 18.4 Å². The molecule has 1 aliphatic heterocycles. The summed E-state index contributed by atoms with van der Waals surface area (Å²) in [6, 6.07) is 2.01. The summed E-state index contributed by atoms with van der Waals surface area (Å²) in [6.45, 7) is 6.59. The molecule has 1 heterocycles. The average Bonchev–Trinajstić information content (AvgIpc) is 2.38. The van der Waals surface area contributed by atoms with Gasteiger partial charge < -0.3 is 4.74 Å². The molecule has 0 aromatic rings. The second-order valence-corrected chi connectivity index (χ2v) is 6.34. The molecule has 1 fully saturated rings. The van der Waals surface area contributed by atoms with Gasteiger partial charge in [0.1, 0.15) is 0 Å². The summed E-state index contributed by atoms with van der Waals surface area (Å²) >= 11 is 0. The van der Waals surface area contributed by atoms with Gasteiger partial charge in [-0.3, -0.25) is 4.90 Å². The molecule has 18 heavy (non-hydrogen) atoms. The summed E-state index contributed by atoms with van der Waals surface area (Å²) in [6.07, 6.45) is 0.